The number of hydrogen-bond donors (Lipinski definition) is 2. The number of aromatic nitrogens is 2. The smallest absolute Gasteiger partial charge is 0.287 e. The van der Waals surface area contributed by atoms with E-state index < -0.39 is 0 Å². The third kappa shape index (κ3) is 4.77. The lowest BCUT2D eigenvalue weighted by Crippen LogP contribution is -2.32. The molecule has 0 aliphatic rings. The van der Waals surface area contributed by atoms with Gasteiger partial charge in [-0.2, -0.15) is 5.10 Å². The minimum Gasteiger partial charge on any atom is -0.378 e. The molecule has 0 saturated carbocycles. The summed E-state index contributed by atoms with van der Waals surface area (Å²) < 4.78 is 1.38. The van der Waals surface area contributed by atoms with Gasteiger partial charge in [-0.15, -0.1) is 0 Å². The third-order valence-electron chi connectivity index (χ3n) is 3.03. The van der Waals surface area contributed by atoms with Crippen molar-refractivity contribution in [2.24, 2.45) is 5.73 Å². The van der Waals surface area contributed by atoms with Gasteiger partial charge in [0, 0.05) is 19.1 Å². The van der Waals surface area contributed by atoms with Gasteiger partial charge < -0.3 is 16.0 Å². The number of rotatable bonds is 8. The van der Waals surface area contributed by atoms with Crippen molar-refractivity contribution in [3.05, 3.63) is 21.6 Å². The maximum atomic E-state index is 12.1. The predicted octanol–water partition coefficient (Wildman–Crippen LogP) is 0.998. The van der Waals surface area contributed by atoms with Gasteiger partial charge in [0.05, 0.1) is 18.4 Å². The summed E-state index contributed by atoms with van der Waals surface area (Å²) in [5.74, 6) is 0. The number of nitrogens with two attached hydrogens (primary N) is 1. The van der Waals surface area contributed by atoms with Gasteiger partial charge in [0.1, 0.15) is 5.02 Å². The number of halogens is 1. The van der Waals surface area contributed by atoms with Gasteiger partial charge in [-0.05, 0) is 20.5 Å². The Hall–Kier alpha value is -1.11. The molecule has 1 unspecified atom stereocenters. The molecule has 20 heavy (non-hydrogen) atoms. The largest absolute Gasteiger partial charge is 0.378 e. The molecule has 0 fully saturated rings. The van der Waals surface area contributed by atoms with Gasteiger partial charge in [0.15, 0.2) is 0 Å². The minimum absolute atomic E-state index is 0.108. The van der Waals surface area contributed by atoms with E-state index in [1.165, 1.54) is 4.68 Å². The van der Waals surface area contributed by atoms with Gasteiger partial charge in [-0.25, -0.2) is 4.68 Å². The van der Waals surface area contributed by atoms with Crippen molar-refractivity contribution in [1.82, 2.24) is 14.7 Å². The topological polar surface area (TPSA) is 76.2 Å². The van der Waals surface area contributed by atoms with Crippen LogP contribution in [0.1, 0.15) is 19.8 Å². The van der Waals surface area contributed by atoms with Gasteiger partial charge >= 0.3 is 0 Å². The molecule has 0 radical (unpaired) electrons. The second kappa shape index (κ2) is 8.24. The first-order valence-electron chi connectivity index (χ1n) is 6.86. The van der Waals surface area contributed by atoms with Crippen molar-refractivity contribution in [3.63, 3.8) is 0 Å². The fourth-order valence-electron chi connectivity index (χ4n) is 1.84. The summed E-state index contributed by atoms with van der Waals surface area (Å²) in [7, 11) is 3.89. The van der Waals surface area contributed by atoms with Crippen molar-refractivity contribution in [3.8, 4) is 0 Å². The van der Waals surface area contributed by atoms with E-state index in [1.807, 2.05) is 19.0 Å². The SMILES string of the molecule is CCCC(CN)Nc1cnn(CCN(C)C)c(=O)c1Cl. The van der Waals surface area contributed by atoms with Gasteiger partial charge in [0.25, 0.3) is 5.56 Å². The van der Waals surface area contributed by atoms with Gasteiger partial charge in [-0.3, -0.25) is 4.79 Å². The molecule has 114 valence electrons. The van der Waals surface area contributed by atoms with Crippen LogP contribution in [0.3, 0.4) is 0 Å². The lowest BCUT2D eigenvalue weighted by Gasteiger charge is -2.18. The van der Waals surface area contributed by atoms with Gasteiger partial charge in [-0.1, -0.05) is 24.9 Å². The van der Waals surface area contributed by atoms with Crippen molar-refractivity contribution in [2.75, 3.05) is 32.5 Å². The Balaban J connectivity index is 2.85. The summed E-state index contributed by atoms with van der Waals surface area (Å²) in [5.41, 5.74) is 5.98. The second-order valence-electron chi connectivity index (χ2n) is 5.07. The third-order valence-corrected chi connectivity index (χ3v) is 3.39. The van der Waals surface area contributed by atoms with Crippen LogP contribution in [0, 0.1) is 0 Å². The highest BCUT2D eigenvalue weighted by atomic mass is 35.5. The lowest BCUT2D eigenvalue weighted by molar-refractivity contribution is 0.367. The molecule has 1 atom stereocenters. The average molecular weight is 302 g/mol. The van der Waals surface area contributed by atoms with Crippen LogP contribution in [0.25, 0.3) is 0 Å². The van der Waals surface area contributed by atoms with Crippen LogP contribution in [-0.2, 0) is 6.54 Å². The maximum absolute atomic E-state index is 12.1. The first-order valence-corrected chi connectivity index (χ1v) is 7.24. The number of likely N-dealkylation sites (N-methyl/N-ethyl adjacent to an activating group) is 1. The first kappa shape index (κ1) is 16.9. The molecule has 1 rings (SSSR count). The molecule has 0 bridgehead atoms. The second-order valence-corrected chi connectivity index (χ2v) is 5.45. The molecule has 0 saturated heterocycles. The van der Waals surface area contributed by atoms with Crippen LogP contribution in [0.15, 0.2) is 11.0 Å². The standard InChI is InChI=1S/C13H24ClN5O/c1-4-5-10(8-15)17-11-9-16-19(7-6-18(2)3)13(20)12(11)14/h9-10,17H,4-8,15H2,1-3H3. The van der Waals surface area contributed by atoms with E-state index in [0.717, 1.165) is 19.4 Å². The maximum Gasteiger partial charge on any atom is 0.287 e. The van der Waals surface area contributed by atoms with E-state index in [9.17, 15) is 4.79 Å². The highest BCUT2D eigenvalue weighted by molar-refractivity contribution is 6.32. The van der Waals surface area contributed by atoms with E-state index >= 15 is 0 Å². The fourth-order valence-corrected chi connectivity index (χ4v) is 2.04. The number of hydrogen-bond acceptors (Lipinski definition) is 5. The highest BCUT2D eigenvalue weighted by Crippen LogP contribution is 2.17. The molecule has 0 amide bonds. The Morgan fingerprint density at radius 3 is 2.80 bits per heavy atom. The normalized spacial score (nSPS) is 12.7. The van der Waals surface area contributed by atoms with Gasteiger partial charge in [0.2, 0.25) is 0 Å². The van der Waals surface area contributed by atoms with Crippen LogP contribution in [0.5, 0.6) is 0 Å². The Labute approximate surface area is 124 Å². The Kier molecular flexibility index (Phi) is 6.98. The van der Waals surface area contributed by atoms with Crippen molar-refractivity contribution < 1.29 is 0 Å². The quantitative estimate of drug-likeness (QED) is 0.749. The molecular weight excluding hydrogens is 278 g/mol. The molecule has 0 aliphatic heterocycles. The Bertz CT molecular complexity index is 474. The number of nitrogens with one attached hydrogen (secondary N) is 1. The van der Waals surface area contributed by atoms with E-state index in [1.54, 1.807) is 6.20 Å². The predicted molar refractivity (Wildman–Crippen MR) is 83.4 cm³/mol. The zero-order valence-corrected chi connectivity index (χ0v) is 13.2. The van der Waals surface area contributed by atoms with Crippen LogP contribution < -0.4 is 16.6 Å². The summed E-state index contributed by atoms with van der Waals surface area (Å²) in [4.78, 5) is 14.1. The molecule has 1 aromatic rings. The average Bonchev–Trinajstić information content (AvgIpc) is 2.42. The first-order chi connectivity index (χ1) is 9.49. The summed E-state index contributed by atoms with van der Waals surface area (Å²) in [6.07, 6.45) is 3.54. The van der Waals surface area contributed by atoms with Crippen LogP contribution in [-0.4, -0.2) is 47.9 Å². The van der Waals surface area contributed by atoms with Crippen LogP contribution in [0.2, 0.25) is 5.02 Å². The molecule has 0 spiro atoms. The molecule has 1 heterocycles. The van der Waals surface area contributed by atoms with Crippen molar-refractivity contribution in [1.29, 1.82) is 0 Å². The molecule has 3 N–H and O–H groups in total. The summed E-state index contributed by atoms with van der Waals surface area (Å²) >= 11 is 6.12. The zero-order chi connectivity index (χ0) is 15.1. The Morgan fingerprint density at radius 2 is 2.25 bits per heavy atom. The zero-order valence-electron chi connectivity index (χ0n) is 12.4. The van der Waals surface area contributed by atoms with Crippen LogP contribution in [0.4, 0.5) is 5.69 Å². The minimum atomic E-state index is -0.272. The summed E-state index contributed by atoms with van der Waals surface area (Å²) in [5, 5.41) is 7.51. The van der Waals surface area contributed by atoms with E-state index in [2.05, 4.69) is 17.3 Å². The molecular formula is C13H24ClN5O. The van der Waals surface area contributed by atoms with Crippen molar-refractivity contribution >= 4 is 17.3 Å². The number of anilines is 1. The van der Waals surface area contributed by atoms with E-state index in [-0.39, 0.29) is 16.6 Å². The Morgan fingerprint density at radius 1 is 1.55 bits per heavy atom. The molecule has 6 nitrogen and oxygen atoms in total. The summed E-state index contributed by atoms with van der Waals surface area (Å²) in [6.45, 7) is 3.83. The van der Waals surface area contributed by atoms with Crippen molar-refractivity contribution in [2.45, 2.75) is 32.4 Å². The van der Waals surface area contributed by atoms with E-state index in [4.69, 9.17) is 17.3 Å². The number of nitrogens with zero attached hydrogens (tertiary/aromatic N) is 3. The highest BCUT2D eigenvalue weighted by Gasteiger charge is 2.12. The van der Waals surface area contributed by atoms with Crippen LogP contribution >= 0.6 is 11.6 Å². The molecule has 1 aromatic heterocycles. The van der Waals surface area contributed by atoms with E-state index in [0.29, 0.717) is 18.8 Å². The fraction of sp³-hybridized carbons (Fsp3) is 0.692. The summed E-state index contributed by atoms with van der Waals surface area (Å²) in [6, 6.07) is 0.108. The molecule has 7 heteroatoms. The monoisotopic (exact) mass is 301 g/mol. The molecule has 0 aliphatic carbocycles. The molecule has 0 aromatic carbocycles. The lowest BCUT2D eigenvalue weighted by atomic mass is 10.1.